The zero-order chi connectivity index (χ0) is 21.1. The molecule has 0 aliphatic heterocycles. The van der Waals surface area contributed by atoms with E-state index in [1.807, 2.05) is 36.4 Å². The molecule has 0 fully saturated rings. The first-order valence-electron chi connectivity index (χ1n) is 10.4. The highest BCUT2D eigenvalue weighted by molar-refractivity contribution is 6.30. The molecule has 0 bridgehead atoms. The Morgan fingerprint density at radius 3 is 2.43 bits per heavy atom. The number of benzene rings is 2. The number of aryl methyl sites for hydroxylation is 2. The Morgan fingerprint density at radius 1 is 0.900 bits per heavy atom. The van der Waals surface area contributed by atoms with E-state index in [2.05, 4.69) is 67.0 Å². The van der Waals surface area contributed by atoms with E-state index >= 15 is 0 Å². The van der Waals surface area contributed by atoms with Gasteiger partial charge in [-0.3, -0.25) is 4.40 Å². The molecule has 0 unspecified atom stereocenters. The molecule has 30 heavy (non-hydrogen) atoms. The van der Waals surface area contributed by atoms with E-state index in [0.29, 0.717) is 6.54 Å². The molecule has 0 spiro atoms. The topological polar surface area (TPSA) is 29.3 Å². The molecule has 2 heterocycles. The lowest BCUT2D eigenvalue weighted by Crippen LogP contribution is -2.10. The first kappa shape index (κ1) is 20.5. The standard InChI is InChI=1S/C26H28ClN3/c1-26(2,3)21-13-10-19(11-14-21)12-15-23-25(30-16-5-4-9-24(30)29-23)28-18-20-7-6-8-22(27)17-20/h4-11,13-14,16-17,28H,12,15,18H2,1-3H3. The fourth-order valence-electron chi connectivity index (χ4n) is 3.67. The predicted molar refractivity (Wildman–Crippen MR) is 127 cm³/mol. The van der Waals surface area contributed by atoms with Gasteiger partial charge >= 0.3 is 0 Å². The maximum absolute atomic E-state index is 6.14. The molecule has 0 saturated heterocycles. The van der Waals surface area contributed by atoms with Gasteiger partial charge in [0.15, 0.2) is 0 Å². The summed E-state index contributed by atoms with van der Waals surface area (Å²) in [6.07, 6.45) is 3.90. The van der Waals surface area contributed by atoms with Crippen LogP contribution < -0.4 is 5.32 Å². The Labute approximate surface area is 183 Å². The van der Waals surface area contributed by atoms with Crippen molar-refractivity contribution >= 4 is 23.1 Å². The third-order valence-electron chi connectivity index (χ3n) is 5.42. The van der Waals surface area contributed by atoms with Gasteiger partial charge in [0.2, 0.25) is 0 Å². The van der Waals surface area contributed by atoms with Gasteiger partial charge in [0.1, 0.15) is 11.5 Å². The summed E-state index contributed by atoms with van der Waals surface area (Å²) in [4.78, 5) is 4.89. The fraction of sp³-hybridized carbons (Fsp3) is 0.269. The first-order chi connectivity index (χ1) is 14.4. The summed E-state index contributed by atoms with van der Waals surface area (Å²) in [5.41, 5.74) is 6.07. The summed E-state index contributed by atoms with van der Waals surface area (Å²) in [6.45, 7) is 7.44. The number of aromatic nitrogens is 2. The van der Waals surface area contributed by atoms with Gasteiger partial charge in [0.05, 0.1) is 5.69 Å². The van der Waals surface area contributed by atoms with Gasteiger partial charge in [-0.2, -0.15) is 0 Å². The molecule has 3 nitrogen and oxygen atoms in total. The lowest BCUT2D eigenvalue weighted by atomic mass is 9.86. The largest absolute Gasteiger partial charge is 0.366 e. The first-order valence-corrected chi connectivity index (χ1v) is 10.8. The normalized spacial score (nSPS) is 11.7. The van der Waals surface area contributed by atoms with Crippen molar-refractivity contribution in [3.05, 3.63) is 100 Å². The van der Waals surface area contributed by atoms with Crippen LogP contribution in [0.15, 0.2) is 72.9 Å². The second-order valence-electron chi connectivity index (χ2n) is 8.77. The van der Waals surface area contributed by atoms with Crippen LogP contribution in [-0.4, -0.2) is 9.38 Å². The van der Waals surface area contributed by atoms with Crippen LogP contribution in [0.5, 0.6) is 0 Å². The van der Waals surface area contributed by atoms with E-state index in [1.165, 1.54) is 11.1 Å². The molecule has 0 atom stereocenters. The molecule has 0 aliphatic rings. The average Bonchev–Trinajstić information content (AvgIpc) is 3.08. The zero-order valence-electron chi connectivity index (χ0n) is 17.8. The predicted octanol–water partition coefficient (Wildman–Crippen LogP) is 6.68. The van der Waals surface area contributed by atoms with Gasteiger partial charge in [0.25, 0.3) is 0 Å². The molecule has 0 amide bonds. The third kappa shape index (κ3) is 4.68. The number of hydrogen-bond donors (Lipinski definition) is 1. The van der Waals surface area contributed by atoms with Crippen LogP contribution in [0.4, 0.5) is 5.82 Å². The van der Waals surface area contributed by atoms with Gasteiger partial charge in [-0.15, -0.1) is 0 Å². The van der Waals surface area contributed by atoms with E-state index in [1.54, 1.807) is 0 Å². The van der Waals surface area contributed by atoms with Crippen LogP contribution >= 0.6 is 11.6 Å². The summed E-state index contributed by atoms with van der Waals surface area (Å²) in [5, 5.41) is 4.34. The smallest absolute Gasteiger partial charge is 0.138 e. The lowest BCUT2D eigenvalue weighted by molar-refractivity contribution is 0.590. The Kier molecular flexibility index (Phi) is 5.83. The summed E-state index contributed by atoms with van der Waals surface area (Å²) < 4.78 is 2.13. The Hall–Kier alpha value is -2.78. The molecule has 2 aromatic carbocycles. The van der Waals surface area contributed by atoms with Crippen LogP contribution in [-0.2, 0) is 24.8 Å². The van der Waals surface area contributed by atoms with Crippen molar-refractivity contribution in [2.75, 3.05) is 5.32 Å². The SMILES string of the molecule is CC(C)(C)c1ccc(CCc2nc3ccccn3c2NCc2cccc(Cl)c2)cc1. The van der Waals surface area contributed by atoms with Gasteiger partial charge in [-0.1, -0.05) is 74.8 Å². The van der Waals surface area contributed by atoms with E-state index < -0.39 is 0 Å². The van der Waals surface area contributed by atoms with Crippen LogP contribution in [0.2, 0.25) is 5.02 Å². The number of anilines is 1. The van der Waals surface area contributed by atoms with Crippen molar-refractivity contribution in [2.45, 2.75) is 45.6 Å². The number of fused-ring (bicyclic) bond motifs is 1. The maximum Gasteiger partial charge on any atom is 0.138 e. The zero-order valence-corrected chi connectivity index (χ0v) is 18.6. The molecule has 4 aromatic rings. The highest BCUT2D eigenvalue weighted by Crippen LogP contribution is 2.24. The Morgan fingerprint density at radius 2 is 1.70 bits per heavy atom. The quantitative estimate of drug-likeness (QED) is 0.379. The molecule has 0 saturated carbocycles. The number of rotatable bonds is 6. The Bertz CT molecular complexity index is 1140. The minimum atomic E-state index is 0.178. The number of nitrogens with one attached hydrogen (secondary N) is 1. The number of pyridine rings is 1. The van der Waals surface area contributed by atoms with Crippen LogP contribution in [0.3, 0.4) is 0 Å². The molecule has 154 valence electrons. The highest BCUT2D eigenvalue weighted by Gasteiger charge is 2.14. The average molecular weight is 418 g/mol. The van der Waals surface area contributed by atoms with Gasteiger partial charge in [-0.05, 0) is 59.2 Å². The summed E-state index contributed by atoms with van der Waals surface area (Å²) >= 11 is 6.14. The van der Waals surface area contributed by atoms with Crippen molar-refractivity contribution in [2.24, 2.45) is 0 Å². The van der Waals surface area contributed by atoms with Crippen molar-refractivity contribution in [3.8, 4) is 0 Å². The van der Waals surface area contributed by atoms with Crippen molar-refractivity contribution in [1.29, 1.82) is 0 Å². The number of hydrogen-bond acceptors (Lipinski definition) is 2. The minimum absolute atomic E-state index is 0.178. The Balaban J connectivity index is 1.54. The van der Waals surface area contributed by atoms with Crippen molar-refractivity contribution < 1.29 is 0 Å². The molecule has 1 N–H and O–H groups in total. The summed E-state index contributed by atoms with van der Waals surface area (Å²) in [5.74, 6) is 1.05. The van der Waals surface area contributed by atoms with E-state index in [-0.39, 0.29) is 5.41 Å². The highest BCUT2D eigenvalue weighted by atomic mass is 35.5. The fourth-order valence-corrected chi connectivity index (χ4v) is 3.89. The third-order valence-corrected chi connectivity index (χ3v) is 5.66. The van der Waals surface area contributed by atoms with Gasteiger partial charge < -0.3 is 5.32 Å². The number of imidazole rings is 1. The molecular weight excluding hydrogens is 390 g/mol. The van der Waals surface area contributed by atoms with Crippen molar-refractivity contribution in [1.82, 2.24) is 9.38 Å². The molecule has 4 heteroatoms. The monoisotopic (exact) mass is 417 g/mol. The van der Waals surface area contributed by atoms with Crippen molar-refractivity contribution in [3.63, 3.8) is 0 Å². The van der Waals surface area contributed by atoms with Crippen LogP contribution in [0, 0.1) is 0 Å². The van der Waals surface area contributed by atoms with E-state index in [4.69, 9.17) is 16.6 Å². The maximum atomic E-state index is 6.14. The van der Waals surface area contributed by atoms with Gasteiger partial charge in [0, 0.05) is 17.8 Å². The second-order valence-corrected chi connectivity index (χ2v) is 9.20. The van der Waals surface area contributed by atoms with E-state index in [9.17, 15) is 0 Å². The van der Waals surface area contributed by atoms with Gasteiger partial charge in [-0.25, -0.2) is 4.98 Å². The second kappa shape index (κ2) is 8.53. The van der Waals surface area contributed by atoms with E-state index in [0.717, 1.165) is 40.6 Å². The molecule has 0 radical (unpaired) electrons. The minimum Gasteiger partial charge on any atom is -0.366 e. The molecular formula is C26H28ClN3. The molecule has 0 aliphatic carbocycles. The lowest BCUT2D eigenvalue weighted by Gasteiger charge is -2.19. The number of halogens is 1. The molecule has 2 aromatic heterocycles. The van der Waals surface area contributed by atoms with Crippen LogP contribution in [0.25, 0.3) is 5.65 Å². The number of nitrogens with zero attached hydrogens (tertiary/aromatic N) is 2. The summed E-state index contributed by atoms with van der Waals surface area (Å²) in [7, 11) is 0. The van der Waals surface area contributed by atoms with Crippen LogP contribution in [0.1, 0.15) is 43.2 Å². The summed E-state index contributed by atoms with van der Waals surface area (Å²) in [6, 6.07) is 23.1. The molecule has 4 rings (SSSR count).